The minimum Gasteiger partial charge on any atom is -0.441 e. The predicted octanol–water partition coefficient (Wildman–Crippen LogP) is 3.35. The molecule has 0 aliphatic carbocycles. The standard InChI is InChI=1S/C18H13N3O2/c1-12-4-6-14(7-5-12)16-17(20-11-23-16)21-10-8-13-3-2-9-19-15(13)18(21)22/h2-11H,1H3. The van der Waals surface area contributed by atoms with Crippen molar-refractivity contribution in [3.8, 4) is 17.1 Å². The molecular formula is C18H13N3O2. The number of aromatic nitrogens is 3. The number of aryl methyl sites for hydroxylation is 1. The van der Waals surface area contributed by atoms with Crippen LogP contribution >= 0.6 is 0 Å². The highest BCUT2D eigenvalue weighted by Gasteiger charge is 2.15. The Balaban J connectivity index is 1.93. The lowest BCUT2D eigenvalue weighted by Gasteiger charge is -2.06. The quantitative estimate of drug-likeness (QED) is 0.570. The van der Waals surface area contributed by atoms with Gasteiger partial charge in [-0.25, -0.2) is 0 Å². The summed E-state index contributed by atoms with van der Waals surface area (Å²) in [6.07, 6.45) is 4.65. The van der Waals surface area contributed by atoms with Crippen LogP contribution in [-0.2, 0) is 0 Å². The average Bonchev–Trinajstić information content (AvgIpc) is 3.05. The highest BCUT2D eigenvalue weighted by atomic mass is 16.3. The average molecular weight is 303 g/mol. The number of hydrogen-bond donors (Lipinski definition) is 0. The Kier molecular flexibility index (Phi) is 3.05. The number of pyridine rings is 2. The van der Waals surface area contributed by atoms with Crippen LogP contribution in [0.2, 0.25) is 0 Å². The first kappa shape index (κ1) is 13.5. The van der Waals surface area contributed by atoms with E-state index in [1.807, 2.05) is 43.3 Å². The summed E-state index contributed by atoms with van der Waals surface area (Å²) in [6, 6.07) is 13.4. The third-order valence-electron chi connectivity index (χ3n) is 3.75. The molecule has 5 nitrogen and oxygen atoms in total. The zero-order valence-corrected chi connectivity index (χ0v) is 12.4. The van der Waals surface area contributed by atoms with Gasteiger partial charge in [-0.3, -0.25) is 14.3 Å². The molecule has 23 heavy (non-hydrogen) atoms. The van der Waals surface area contributed by atoms with Crippen molar-refractivity contribution in [1.82, 2.24) is 14.5 Å². The molecule has 0 fully saturated rings. The molecule has 0 atom stereocenters. The molecule has 0 bridgehead atoms. The Morgan fingerprint density at radius 1 is 1.04 bits per heavy atom. The lowest BCUT2D eigenvalue weighted by Crippen LogP contribution is -2.19. The molecule has 4 rings (SSSR count). The summed E-state index contributed by atoms with van der Waals surface area (Å²) in [6.45, 7) is 2.02. The van der Waals surface area contributed by atoms with Gasteiger partial charge < -0.3 is 4.42 Å². The lowest BCUT2D eigenvalue weighted by atomic mass is 10.1. The van der Waals surface area contributed by atoms with Crippen molar-refractivity contribution in [1.29, 1.82) is 0 Å². The number of oxazole rings is 1. The molecule has 0 unspecified atom stereocenters. The summed E-state index contributed by atoms with van der Waals surface area (Å²) < 4.78 is 6.99. The number of benzene rings is 1. The van der Waals surface area contributed by atoms with E-state index < -0.39 is 0 Å². The van der Waals surface area contributed by atoms with Crippen molar-refractivity contribution in [2.75, 3.05) is 0 Å². The summed E-state index contributed by atoms with van der Waals surface area (Å²) in [5.74, 6) is 1.02. The number of fused-ring (bicyclic) bond motifs is 1. The number of nitrogens with zero attached hydrogens (tertiary/aromatic N) is 3. The van der Waals surface area contributed by atoms with Gasteiger partial charge in [0.25, 0.3) is 5.56 Å². The van der Waals surface area contributed by atoms with Crippen LogP contribution in [0.1, 0.15) is 5.56 Å². The monoisotopic (exact) mass is 303 g/mol. The molecule has 5 heteroatoms. The van der Waals surface area contributed by atoms with E-state index in [1.165, 1.54) is 11.0 Å². The van der Waals surface area contributed by atoms with Crippen LogP contribution in [0, 0.1) is 6.92 Å². The first-order chi connectivity index (χ1) is 11.2. The second kappa shape index (κ2) is 5.21. The smallest absolute Gasteiger partial charge is 0.282 e. The summed E-state index contributed by atoms with van der Waals surface area (Å²) in [5.41, 5.74) is 2.22. The minimum absolute atomic E-state index is 0.217. The van der Waals surface area contributed by atoms with Crippen LogP contribution in [0.25, 0.3) is 28.0 Å². The van der Waals surface area contributed by atoms with E-state index in [0.29, 0.717) is 17.1 Å². The molecule has 0 amide bonds. The van der Waals surface area contributed by atoms with Crippen molar-refractivity contribution in [2.24, 2.45) is 0 Å². The SMILES string of the molecule is Cc1ccc(-c2ocnc2-n2ccc3cccnc3c2=O)cc1. The molecule has 0 N–H and O–H groups in total. The van der Waals surface area contributed by atoms with E-state index in [9.17, 15) is 4.79 Å². The molecule has 0 saturated heterocycles. The van der Waals surface area contributed by atoms with Crippen LogP contribution in [0.3, 0.4) is 0 Å². The molecule has 3 heterocycles. The first-order valence-electron chi connectivity index (χ1n) is 7.21. The van der Waals surface area contributed by atoms with E-state index >= 15 is 0 Å². The largest absolute Gasteiger partial charge is 0.441 e. The van der Waals surface area contributed by atoms with Crippen LogP contribution < -0.4 is 5.56 Å². The Hall–Kier alpha value is -3.21. The minimum atomic E-state index is -0.217. The van der Waals surface area contributed by atoms with Gasteiger partial charge in [0.1, 0.15) is 5.52 Å². The third kappa shape index (κ3) is 2.23. The van der Waals surface area contributed by atoms with E-state index in [1.54, 1.807) is 18.5 Å². The van der Waals surface area contributed by atoms with Crippen LogP contribution in [0.5, 0.6) is 0 Å². The normalized spacial score (nSPS) is 11.0. The first-order valence-corrected chi connectivity index (χ1v) is 7.21. The van der Waals surface area contributed by atoms with E-state index in [2.05, 4.69) is 9.97 Å². The topological polar surface area (TPSA) is 60.9 Å². The molecule has 3 aromatic heterocycles. The van der Waals surface area contributed by atoms with Gasteiger partial charge in [-0.05, 0) is 19.1 Å². The second-order valence-corrected chi connectivity index (χ2v) is 5.30. The van der Waals surface area contributed by atoms with E-state index in [-0.39, 0.29) is 5.56 Å². The van der Waals surface area contributed by atoms with Gasteiger partial charge in [0.05, 0.1) is 0 Å². The molecule has 4 aromatic rings. The highest BCUT2D eigenvalue weighted by Crippen LogP contribution is 2.25. The van der Waals surface area contributed by atoms with Gasteiger partial charge in [0.2, 0.25) is 0 Å². The Morgan fingerprint density at radius 2 is 1.87 bits per heavy atom. The summed E-state index contributed by atoms with van der Waals surface area (Å²) in [4.78, 5) is 21.1. The van der Waals surface area contributed by atoms with Crippen LogP contribution in [-0.4, -0.2) is 14.5 Å². The summed E-state index contributed by atoms with van der Waals surface area (Å²) in [7, 11) is 0. The molecule has 0 aliphatic heterocycles. The van der Waals surface area contributed by atoms with Gasteiger partial charge in [-0.1, -0.05) is 35.9 Å². The fraction of sp³-hybridized carbons (Fsp3) is 0.0556. The molecular weight excluding hydrogens is 290 g/mol. The molecule has 1 aromatic carbocycles. The van der Waals surface area contributed by atoms with Crippen molar-refractivity contribution in [2.45, 2.75) is 6.92 Å². The predicted molar refractivity (Wildman–Crippen MR) is 87.6 cm³/mol. The molecule has 0 radical (unpaired) electrons. The maximum absolute atomic E-state index is 12.7. The number of rotatable bonds is 2. The Morgan fingerprint density at radius 3 is 2.70 bits per heavy atom. The van der Waals surface area contributed by atoms with Gasteiger partial charge in [-0.2, -0.15) is 4.98 Å². The van der Waals surface area contributed by atoms with E-state index in [4.69, 9.17) is 4.42 Å². The molecule has 0 spiro atoms. The fourth-order valence-corrected chi connectivity index (χ4v) is 2.55. The van der Waals surface area contributed by atoms with Crippen LogP contribution in [0.4, 0.5) is 0 Å². The molecule has 0 saturated carbocycles. The molecule has 0 aliphatic rings. The van der Waals surface area contributed by atoms with Crippen molar-refractivity contribution in [3.63, 3.8) is 0 Å². The fourth-order valence-electron chi connectivity index (χ4n) is 2.55. The Labute approximate surface area is 131 Å². The van der Waals surface area contributed by atoms with Gasteiger partial charge in [0.15, 0.2) is 18.0 Å². The molecule has 112 valence electrons. The zero-order valence-electron chi connectivity index (χ0n) is 12.4. The van der Waals surface area contributed by atoms with Crippen LogP contribution in [0.15, 0.2) is 70.5 Å². The lowest BCUT2D eigenvalue weighted by molar-refractivity contribution is 0.571. The zero-order chi connectivity index (χ0) is 15.8. The second-order valence-electron chi connectivity index (χ2n) is 5.30. The highest BCUT2D eigenvalue weighted by molar-refractivity contribution is 5.77. The summed E-state index contributed by atoms with van der Waals surface area (Å²) >= 11 is 0. The third-order valence-corrected chi connectivity index (χ3v) is 3.75. The van der Waals surface area contributed by atoms with Gasteiger partial charge in [0, 0.05) is 23.3 Å². The van der Waals surface area contributed by atoms with Gasteiger partial charge in [-0.15, -0.1) is 0 Å². The Bertz CT molecular complexity index is 1050. The summed E-state index contributed by atoms with van der Waals surface area (Å²) in [5, 5.41) is 0.800. The number of hydrogen-bond acceptors (Lipinski definition) is 4. The van der Waals surface area contributed by atoms with Gasteiger partial charge >= 0.3 is 0 Å². The van der Waals surface area contributed by atoms with Crippen molar-refractivity contribution in [3.05, 3.63) is 77.2 Å². The van der Waals surface area contributed by atoms with E-state index in [0.717, 1.165) is 16.5 Å². The van der Waals surface area contributed by atoms with Crippen molar-refractivity contribution < 1.29 is 4.42 Å². The maximum atomic E-state index is 12.7. The maximum Gasteiger partial charge on any atom is 0.282 e. The van der Waals surface area contributed by atoms with Crippen molar-refractivity contribution >= 4 is 10.9 Å².